The number of allylic oxidation sites excluding steroid dienone is 4. The Bertz CT molecular complexity index is 3250. The van der Waals surface area contributed by atoms with Gasteiger partial charge in [0.15, 0.2) is 11.4 Å². The van der Waals surface area contributed by atoms with Crippen LogP contribution in [0.1, 0.15) is 18.5 Å². The highest BCUT2D eigenvalue weighted by atomic mass is 16.3. The minimum Gasteiger partial charge on any atom is -0.454 e. The molecule has 4 heterocycles. The zero-order valence-electron chi connectivity index (χ0n) is 30.9. The van der Waals surface area contributed by atoms with Gasteiger partial charge in [-0.2, -0.15) is 0 Å². The van der Waals surface area contributed by atoms with Gasteiger partial charge >= 0.3 is 0 Å². The molecule has 0 atom stereocenters. The fourth-order valence-corrected chi connectivity index (χ4v) is 8.24. The van der Waals surface area contributed by atoms with Crippen molar-refractivity contribution in [1.29, 1.82) is 0 Å². The van der Waals surface area contributed by atoms with E-state index in [1.807, 2.05) is 48.8 Å². The van der Waals surface area contributed by atoms with Gasteiger partial charge in [0.05, 0.1) is 17.1 Å². The van der Waals surface area contributed by atoms with Gasteiger partial charge in [0, 0.05) is 40.0 Å². The summed E-state index contributed by atoms with van der Waals surface area (Å²) in [5, 5.41) is 5.83. The van der Waals surface area contributed by atoms with Gasteiger partial charge in [-0.3, -0.25) is 9.97 Å². The molecule has 1 aliphatic carbocycles. The first-order valence-electron chi connectivity index (χ1n) is 19.3. The minimum atomic E-state index is 0.659. The number of hydrogen-bond donors (Lipinski definition) is 0. The standard InChI is InChI=1S/C52H34N4O/c1-2-13-33(14-3-1)47-32-48(56-52(55-47)36-17-12-16-35(27-36)46-22-10-11-25-53-46)39-29-37(41-24-26-54-50-44-21-8-9-23-49(44)57-51(41)50)28-38(30-39)45-31-34-15-4-5-18-40(34)42-19-6-7-20-43(42)45/h2,4-32H,1,3H2. The molecule has 11 rings (SSSR count). The van der Waals surface area contributed by atoms with Crippen molar-refractivity contribution in [1.82, 2.24) is 19.9 Å². The van der Waals surface area contributed by atoms with Crippen LogP contribution in [0.15, 0.2) is 187 Å². The van der Waals surface area contributed by atoms with Gasteiger partial charge in [-0.25, -0.2) is 9.97 Å². The van der Waals surface area contributed by atoms with Crippen LogP contribution in [0.4, 0.5) is 0 Å². The topological polar surface area (TPSA) is 64.7 Å². The molecule has 0 amide bonds. The Kier molecular flexibility index (Phi) is 7.88. The summed E-state index contributed by atoms with van der Waals surface area (Å²) in [5.41, 5.74) is 13.3. The van der Waals surface area contributed by atoms with Gasteiger partial charge in [0.1, 0.15) is 11.1 Å². The summed E-state index contributed by atoms with van der Waals surface area (Å²) in [4.78, 5) is 20.0. The molecule has 0 saturated carbocycles. The second kappa shape index (κ2) is 13.7. The van der Waals surface area contributed by atoms with Crippen LogP contribution >= 0.6 is 0 Å². The maximum atomic E-state index is 6.57. The molecule has 0 spiro atoms. The average molecular weight is 731 g/mol. The highest BCUT2D eigenvalue weighted by Crippen LogP contribution is 2.42. The second-order valence-electron chi connectivity index (χ2n) is 14.5. The molecule has 0 bridgehead atoms. The molecule has 0 aliphatic heterocycles. The molecule has 5 nitrogen and oxygen atoms in total. The van der Waals surface area contributed by atoms with Gasteiger partial charge in [0.2, 0.25) is 0 Å². The maximum absolute atomic E-state index is 6.57. The molecular formula is C52H34N4O. The largest absolute Gasteiger partial charge is 0.454 e. The van der Waals surface area contributed by atoms with Gasteiger partial charge in [0.25, 0.3) is 0 Å². The summed E-state index contributed by atoms with van der Waals surface area (Å²) in [6.07, 6.45) is 12.4. The van der Waals surface area contributed by atoms with Crippen molar-refractivity contribution in [3.05, 3.63) is 188 Å². The number of fused-ring (bicyclic) bond motifs is 6. The first-order valence-corrected chi connectivity index (χ1v) is 19.3. The third-order valence-electron chi connectivity index (χ3n) is 11.0. The Hall–Kier alpha value is -7.50. The highest BCUT2D eigenvalue weighted by Gasteiger charge is 2.19. The molecule has 0 saturated heterocycles. The summed E-state index contributed by atoms with van der Waals surface area (Å²) in [5.74, 6) is 0.659. The Morgan fingerprint density at radius 3 is 2.05 bits per heavy atom. The van der Waals surface area contributed by atoms with Crippen molar-refractivity contribution >= 4 is 49.2 Å². The summed E-state index contributed by atoms with van der Waals surface area (Å²) in [6, 6.07) is 53.1. The first-order chi connectivity index (χ1) is 28.2. The van der Waals surface area contributed by atoms with Crippen LogP contribution in [-0.4, -0.2) is 19.9 Å². The Balaban J connectivity index is 1.18. The molecular weight excluding hydrogens is 697 g/mol. The molecule has 0 unspecified atom stereocenters. The van der Waals surface area contributed by atoms with Crippen molar-refractivity contribution in [2.45, 2.75) is 12.8 Å². The van der Waals surface area contributed by atoms with Crippen LogP contribution < -0.4 is 0 Å². The molecule has 5 heteroatoms. The predicted molar refractivity (Wildman–Crippen MR) is 233 cm³/mol. The average Bonchev–Trinajstić information content (AvgIpc) is 3.68. The van der Waals surface area contributed by atoms with Gasteiger partial charge in [-0.1, -0.05) is 103 Å². The van der Waals surface area contributed by atoms with Gasteiger partial charge in [-0.15, -0.1) is 0 Å². The van der Waals surface area contributed by atoms with Crippen molar-refractivity contribution in [3.63, 3.8) is 0 Å². The molecule has 6 aromatic carbocycles. The molecule has 4 aromatic heterocycles. The number of hydrogen-bond acceptors (Lipinski definition) is 5. The molecule has 0 N–H and O–H groups in total. The summed E-state index contributed by atoms with van der Waals surface area (Å²) in [6.45, 7) is 0. The van der Waals surface area contributed by atoms with E-state index in [0.29, 0.717) is 5.82 Å². The van der Waals surface area contributed by atoms with Crippen molar-refractivity contribution in [3.8, 4) is 56.2 Å². The smallest absolute Gasteiger partial charge is 0.161 e. The summed E-state index contributed by atoms with van der Waals surface area (Å²) in [7, 11) is 0. The Labute approximate surface area is 329 Å². The zero-order valence-corrected chi connectivity index (χ0v) is 30.9. The van der Waals surface area contributed by atoms with E-state index in [0.717, 1.165) is 96.5 Å². The Morgan fingerprint density at radius 1 is 0.456 bits per heavy atom. The third kappa shape index (κ3) is 5.88. The number of rotatable bonds is 6. The maximum Gasteiger partial charge on any atom is 0.161 e. The normalized spacial score (nSPS) is 12.8. The predicted octanol–water partition coefficient (Wildman–Crippen LogP) is 13.5. The fraction of sp³-hybridized carbons (Fsp3) is 0.0385. The fourth-order valence-electron chi connectivity index (χ4n) is 8.24. The van der Waals surface area contributed by atoms with E-state index in [9.17, 15) is 0 Å². The number of nitrogens with zero attached hydrogens (tertiary/aromatic N) is 4. The van der Waals surface area contributed by atoms with Crippen LogP contribution in [0.3, 0.4) is 0 Å². The quantitative estimate of drug-likeness (QED) is 0.159. The van der Waals surface area contributed by atoms with E-state index in [2.05, 4.69) is 138 Å². The summed E-state index contributed by atoms with van der Waals surface area (Å²) >= 11 is 0. The molecule has 57 heavy (non-hydrogen) atoms. The lowest BCUT2D eigenvalue weighted by Gasteiger charge is -2.16. The number of furan rings is 1. The third-order valence-corrected chi connectivity index (χ3v) is 11.0. The number of benzene rings is 6. The van der Waals surface area contributed by atoms with Gasteiger partial charge < -0.3 is 4.42 Å². The summed E-state index contributed by atoms with van der Waals surface area (Å²) < 4.78 is 6.57. The zero-order chi connectivity index (χ0) is 37.7. The lowest BCUT2D eigenvalue weighted by Crippen LogP contribution is -1.99. The van der Waals surface area contributed by atoms with E-state index in [-0.39, 0.29) is 0 Å². The first kappa shape index (κ1) is 32.9. The molecule has 10 aromatic rings. The van der Waals surface area contributed by atoms with Crippen molar-refractivity contribution in [2.24, 2.45) is 0 Å². The lowest BCUT2D eigenvalue weighted by atomic mass is 9.90. The van der Waals surface area contributed by atoms with E-state index >= 15 is 0 Å². The molecule has 1 aliphatic rings. The monoisotopic (exact) mass is 730 g/mol. The van der Waals surface area contributed by atoms with Crippen LogP contribution in [0.25, 0.3) is 105 Å². The van der Waals surface area contributed by atoms with E-state index in [1.54, 1.807) is 0 Å². The second-order valence-corrected chi connectivity index (χ2v) is 14.5. The van der Waals surface area contributed by atoms with E-state index in [1.165, 1.54) is 21.5 Å². The van der Waals surface area contributed by atoms with Crippen LogP contribution in [-0.2, 0) is 0 Å². The molecule has 0 fully saturated rings. The number of aromatic nitrogens is 4. The minimum absolute atomic E-state index is 0.659. The molecule has 0 radical (unpaired) electrons. The number of para-hydroxylation sites is 1. The SMILES string of the molecule is C1=CC(c2cc(-c3cc(-c4cc5ccccc5c5ccccc45)cc(-c4ccnc5c4oc4ccccc45)c3)nc(-c3cccc(-c4ccccn4)c3)n2)=CCC1. The van der Waals surface area contributed by atoms with Crippen LogP contribution in [0.5, 0.6) is 0 Å². The van der Waals surface area contributed by atoms with Gasteiger partial charge in [-0.05, 0) is 123 Å². The Morgan fingerprint density at radius 2 is 1.19 bits per heavy atom. The molecule has 268 valence electrons. The van der Waals surface area contributed by atoms with E-state index in [4.69, 9.17) is 19.4 Å². The number of pyridine rings is 2. The van der Waals surface area contributed by atoms with E-state index < -0.39 is 0 Å². The highest BCUT2D eigenvalue weighted by molar-refractivity contribution is 6.14. The lowest BCUT2D eigenvalue weighted by molar-refractivity contribution is 0.669. The van der Waals surface area contributed by atoms with Crippen LogP contribution in [0.2, 0.25) is 0 Å². The van der Waals surface area contributed by atoms with Crippen molar-refractivity contribution < 1.29 is 4.42 Å². The van der Waals surface area contributed by atoms with Crippen molar-refractivity contribution in [2.75, 3.05) is 0 Å². The van der Waals surface area contributed by atoms with Crippen LogP contribution in [0, 0.1) is 0 Å².